The molecule has 1 aliphatic rings. The van der Waals surface area contributed by atoms with Crippen molar-refractivity contribution >= 4 is 11.8 Å². The molecule has 1 fully saturated rings. The fourth-order valence-corrected chi connectivity index (χ4v) is 2.49. The van der Waals surface area contributed by atoms with Crippen LogP contribution in [-0.4, -0.2) is 52.8 Å². The quantitative estimate of drug-likeness (QED) is 0.844. The first-order chi connectivity index (χ1) is 10.6. The van der Waals surface area contributed by atoms with Crippen molar-refractivity contribution < 1.29 is 14.0 Å². The summed E-state index contributed by atoms with van der Waals surface area (Å²) in [7, 11) is 0. The van der Waals surface area contributed by atoms with Crippen LogP contribution in [0, 0.1) is 6.92 Å². The van der Waals surface area contributed by atoms with E-state index in [0.29, 0.717) is 37.6 Å². The number of nitrogens with zero attached hydrogens (tertiary/aromatic N) is 3. The van der Waals surface area contributed by atoms with Crippen LogP contribution >= 0.6 is 0 Å². The summed E-state index contributed by atoms with van der Waals surface area (Å²) in [5.41, 5.74) is 1.27. The number of piperazine rings is 1. The van der Waals surface area contributed by atoms with Gasteiger partial charge in [-0.3, -0.25) is 9.59 Å². The molecule has 2 amide bonds. The summed E-state index contributed by atoms with van der Waals surface area (Å²) in [5, 5.41) is 0. The van der Waals surface area contributed by atoms with Crippen molar-refractivity contribution in [2.45, 2.75) is 6.92 Å². The number of hydrogen-bond acceptors (Lipinski definition) is 4. The van der Waals surface area contributed by atoms with E-state index >= 15 is 0 Å². The molecule has 1 aliphatic heterocycles. The van der Waals surface area contributed by atoms with Crippen molar-refractivity contribution in [1.82, 2.24) is 14.8 Å². The Labute approximate surface area is 128 Å². The maximum absolute atomic E-state index is 12.4. The highest BCUT2D eigenvalue weighted by Gasteiger charge is 2.26. The van der Waals surface area contributed by atoms with Crippen molar-refractivity contribution in [3.05, 3.63) is 53.7 Å². The number of carbonyl (C=O) groups excluding carboxylic acids is 2. The Kier molecular flexibility index (Phi) is 3.91. The third-order valence-electron chi connectivity index (χ3n) is 3.69. The molecule has 2 aromatic rings. The predicted octanol–water partition coefficient (Wildman–Crippen LogP) is 1.58. The molecule has 0 bridgehead atoms. The van der Waals surface area contributed by atoms with E-state index in [1.807, 2.05) is 19.1 Å². The van der Waals surface area contributed by atoms with Crippen LogP contribution in [0.25, 0.3) is 0 Å². The van der Waals surface area contributed by atoms with Crippen LogP contribution in [0.5, 0.6) is 0 Å². The standard InChI is InChI=1S/C16H17N3O3/c1-12-4-2-5-13(17-12)15(20)18-7-9-19(10-8-18)16(21)14-6-3-11-22-14/h2-6,11H,7-10H2,1H3. The first kappa shape index (κ1) is 14.3. The van der Waals surface area contributed by atoms with Crippen LogP contribution in [0.2, 0.25) is 0 Å². The molecule has 0 aromatic carbocycles. The minimum atomic E-state index is -0.134. The van der Waals surface area contributed by atoms with Crippen LogP contribution < -0.4 is 0 Å². The highest BCUT2D eigenvalue weighted by Crippen LogP contribution is 2.11. The zero-order valence-electron chi connectivity index (χ0n) is 12.4. The summed E-state index contributed by atoms with van der Waals surface area (Å²) in [5.74, 6) is 0.111. The van der Waals surface area contributed by atoms with Crippen molar-refractivity contribution in [3.63, 3.8) is 0 Å². The molecule has 22 heavy (non-hydrogen) atoms. The van der Waals surface area contributed by atoms with Crippen molar-refractivity contribution in [2.75, 3.05) is 26.2 Å². The summed E-state index contributed by atoms with van der Waals surface area (Å²) >= 11 is 0. The molecule has 2 aromatic heterocycles. The van der Waals surface area contributed by atoms with Gasteiger partial charge in [-0.2, -0.15) is 0 Å². The normalized spacial score (nSPS) is 15.0. The Morgan fingerprint density at radius 3 is 2.27 bits per heavy atom. The number of amides is 2. The first-order valence-corrected chi connectivity index (χ1v) is 7.21. The number of aryl methyl sites for hydroxylation is 1. The predicted molar refractivity (Wildman–Crippen MR) is 79.5 cm³/mol. The van der Waals surface area contributed by atoms with Crippen LogP contribution in [0.4, 0.5) is 0 Å². The maximum atomic E-state index is 12.4. The second kappa shape index (κ2) is 6.01. The molecule has 1 saturated heterocycles. The minimum Gasteiger partial charge on any atom is -0.459 e. The van der Waals surface area contributed by atoms with Gasteiger partial charge in [-0.1, -0.05) is 6.07 Å². The lowest BCUT2D eigenvalue weighted by Gasteiger charge is -2.34. The van der Waals surface area contributed by atoms with Crippen LogP contribution in [0.3, 0.4) is 0 Å². The maximum Gasteiger partial charge on any atom is 0.289 e. The summed E-state index contributed by atoms with van der Waals surface area (Å²) in [6.45, 7) is 3.85. The zero-order valence-corrected chi connectivity index (χ0v) is 12.4. The van der Waals surface area contributed by atoms with E-state index in [2.05, 4.69) is 4.98 Å². The highest BCUT2D eigenvalue weighted by molar-refractivity contribution is 5.93. The molecule has 114 valence electrons. The van der Waals surface area contributed by atoms with Crippen LogP contribution in [0.1, 0.15) is 26.7 Å². The van der Waals surface area contributed by atoms with Crippen molar-refractivity contribution in [2.24, 2.45) is 0 Å². The third kappa shape index (κ3) is 2.86. The van der Waals surface area contributed by atoms with Gasteiger partial charge in [0.05, 0.1) is 6.26 Å². The van der Waals surface area contributed by atoms with Gasteiger partial charge in [0.15, 0.2) is 5.76 Å². The van der Waals surface area contributed by atoms with E-state index in [1.165, 1.54) is 6.26 Å². The molecule has 0 unspecified atom stereocenters. The second-order valence-corrected chi connectivity index (χ2v) is 5.23. The van der Waals surface area contributed by atoms with E-state index in [0.717, 1.165) is 5.69 Å². The molecule has 0 atom stereocenters. The molecule has 0 aliphatic carbocycles. The van der Waals surface area contributed by atoms with E-state index in [1.54, 1.807) is 28.0 Å². The monoisotopic (exact) mass is 299 g/mol. The topological polar surface area (TPSA) is 66.7 Å². The number of rotatable bonds is 2. The third-order valence-corrected chi connectivity index (χ3v) is 3.69. The zero-order chi connectivity index (χ0) is 15.5. The van der Waals surface area contributed by atoms with E-state index in [-0.39, 0.29) is 11.8 Å². The Hall–Kier alpha value is -2.63. The molecular formula is C16H17N3O3. The molecule has 3 heterocycles. The first-order valence-electron chi connectivity index (χ1n) is 7.21. The molecule has 0 radical (unpaired) electrons. The van der Waals surface area contributed by atoms with E-state index < -0.39 is 0 Å². The minimum absolute atomic E-state index is 0.0891. The highest BCUT2D eigenvalue weighted by atomic mass is 16.3. The number of aromatic nitrogens is 1. The smallest absolute Gasteiger partial charge is 0.289 e. The lowest BCUT2D eigenvalue weighted by molar-refractivity contribution is 0.0515. The van der Waals surface area contributed by atoms with E-state index in [9.17, 15) is 9.59 Å². The molecule has 0 spiro atoms. The van der Waals surface area contributed by atoms with Gasteiger partial charge in [-0.25, -0.2) is 4.98 Å². The second-order valence-electron chi connectivity index (χ2n) is 5.23. The van der Waals surface area contributed by atoms with Gasteiger partial charge >= 0.3 is 0 Å². The Morgan fingerprint density at radius 2 is 1.68 bits per heavy atom. The fourth-order valence-electron chi connectivity index (χ4n) is 2.49. The summed E-state index contributed by atoms with van der Waals surface area (Å²) in [6, 6.07) is 8.74. The van der Waals surface area contributed by atoms with Gasteiger partial charge in [-0.15, -0.1) is 0 Å². The summed E-state index contributed by atoms with van der Waals surface area (Å²) < 4.78 is 5.12. The largest absolute Gasteiger partial charge is 0.459 e. The van der Waals surface area contributed by atoms with Gasteiger partial charge in [0, 0.05) is 31.9 Å². The van der Waals surface area contributed by atoms with Gasteiger partial charge in [-0.05, 0) is 31.2 Å². The Morgan fingerprint density at radius 1 is 1.00 bits per heavy atom. The Balaban J connectivity index is 1.62. The molecule has 3 rings (SSSR count). The number of carbonyl (C=O) groups is 2. The molecular weight excluding hydrogens is 282 g/mol. The summed E-state index contributed by atoms with van der Waals surface area (Å²) in [6.07, 6.45) is 1.48. The lowest BCUT2D eigenvalue weighted by atomic mass is 10.2. The number of pyridine rings is 1. The van der Waals surface area contributed by atoms with Crippen molar-refractivity contribution in [3.8, 4) is 0 Å². The Bertz CT molecular complexity index is 674. The fraction of sp³-hybridized carbons (Fsp3) is 0.312. The number of hydrogen-bond donors (Lipinski definition) is 0. The summed E-state index contributed by atoms with van der Waals surface area (Å²) in [4.78, 5) is 32.3. The van der Waals surface area contributed by atoms with Crippen LogP contribution in [-0.2, 0) is 0 Å². The molecule has 0 saturated carbocycles. The van der Waals surface area contributed by atoms with Crippen LogP contribution in [0.15, 0.2) is 41.0 Å². The SMILES string of the molecule is Cc1cccc(C(=O)N2CCN(C(=O)c3ccco3)CC2)n1. The van der Waals surface area contributed by atoms with E-state index in [4.69, 9.17) is 4.42 Å². The average molecular weight is 299 g/mol. The molecule has 0 N–H and O–H groups in total. The van der Waals surface area contributed by atoms with Gasteiger partial charge in [0.2, 0.25) is 0 Å². The number of furan rings is 1. The molecule has 6 nitrogen and oxygen atoms in total. The molecule has 6 heteroatoms. The van der Waals surface area contributed by atoms with Gasteiger partial charge in [0.1, 0.15) is 5.69 Å². The van der Waals surface area contributed by atoms with Gasteiger partial charge in [0.25, 0.3) is 11.8 Å². The average Bonchev–Trinajstić information content (AvgIpc) is 3.08. The van der Waals surface area contributed by atoms with Crippen molar-refractivity contribution in [1.29, 1.82) is 0 Å². The van der Waals surface area contributed by atoms with Gasteiger partial charge < -0.3 is 14.2 Å². The lowest BCUT2D eigenvalue weighted by Crippen LogP contribution is -2.50.